The summed E-state index contributed by atoms with van der Waals surface area (Å²) in [6, 6.07) is 9.80. The number of ether oxygens (including phenoxy) is 1. The molecule has 236 valence electrons. The zero-order chi connectivity index (χ0) is 31.5. The number of amides is 1. The number of nitrogens with two attached hydrogens (primary N) is 1. The van der Waals surface area contributed by atoms with Crippen molar-refractivity contribution in [2.24, 2.45) is 17.0 Å². The molecular formula is C28H34N6O8S2. The Kier molecular flexibility index (Phi) is 9.43. The van der Waals surface area contributed by atoms with Crippen molar-refractivity contribution in [1.29, 1.82) is 0 Å². The van der Waals surface area contributed by atoms with Gasteiger partial charge in [-0.1, -0.05) is 43.3 Å². The number of carbonyl (C=O) groups is 2. The Balaban J connectivity index is 1.17. The molecule has 1 aliphatic heterocycles. The number of oxime groups is 1. The topological polar surface area (TPSA) is 196 Å². The maximum Gasteiger partial charge on any atom is 0.418 e. The fourth-order valence-corrected chi connectivity index (χ4v) is 6.43. The van der Waals surface area contributed by atoms with E-state index < -0.39 is 33.5 Å². The lowest BCUT2D eigenvalue weighted by molar-refractivity contribution is -0.228. The van der Waals surface area contributed by atoms with Gasteiger partial charge in [0, 0.05) is 29.0 Å². The van der Waals surface area contributed by atoms with Gasteiger partial charge in [-0.05, 0) is 50.5 Å². The minimum Gasteiger partial charge on any atom is -0.490 e. The number of hydrogen-bond acceptors (Lipinski definition) is 13. The fraction of sp³-hybridized carbons (Fsp3) is 0.500. The van der Waals surface area contributed by atoms with E-state index in [1.54, 1.807) is 0 Å². The molecule has 1 amide bonds. The molecule has 1 saturated heterocycles. The Labute approximate surface area is 258 Å². The molecule has 1 atom stereocenters. The number of rotatable bonds is 13. The van der Waals surface area contributed by atoms with Crippen LogP contribution < -0.4 is 10.5 Å². The molecule has 0 radical (unpaired) electrons. The lowest BCUT2D eigenvalue weighted by Crippen LogP contribution is -2.68. The van der Waals surface area contributed by atoms with Gasteiger partial charge in [0.2, 0.25) is 5.82 Å². The molecule has 44 heavy (non-hydrogen) atoms. The number of ketones is 1. The monoisotopic (exact) mass is 646 g/mol. The van der Waals surface area contributed by atoms with Crippen molar-refractivity contribution in [1.82, 2.24) is 19.4 Å². The first-order valence-electron chi connectivity index (χ1n) is 14.3. The first-order chi connectivity index (χ1) is 20.9. The van der Waals surface area contributed by atoms with Crippen molar-refractivity contribution in [3.8, 4) is 5.75 Å². The zero-order valence-corrected chi connectivity index (χ0v) is 26.0. The third-order valence-electron chi connectivity index (χ3n) is 7.89. The molecular weight excluding hydrogens is 612 g/mol. The van der Waals surface area contributed by atoms with Crippen molar-refractivity contribution < 1.29 is 36.4 Å². The van der Waals surface area contributed by atoms with Crippen molar-refractivity contribution in [2.45, 2.75) is 64.3 Å². The summed E-state index contributed by atoms with van der Waals surface area (Å²) in [7, 11) is -4.92. The molecule has 1 unspecified atom stereocenters. The van der Waals surface area contributed by atoms with Gasteiger partial charge in [0.1, 0.15) is 12.4 Å². The van der Waals surface area contributed by atoms with E-state index in [1.807, 2.05) is 18.2 Å². The normalized spacial score (nSPS) is 19.2. The molecule has 0 spiro atoms. The van der Waals surface area contributed by atoms with Gasteiger partial charge in [0.25, 0.3) is 5.91 Å². The largest absolute Gasteiger partial charge is 0.490 e. The highest BCUT2D eigenvalue weighted by atomic mass is 32.3. The summed E-state index contributed by atoms with van der Waals surface area (Å²) in [6.45, 7) is 3.07. The Bertz CT molecular complexity index is 1670. The third kappa shape index (κ3) is 7.49. The molecule has 1 aliphatic carbocycles. The molecule has 1 aromatic carbocycles. The SMILES string of the molecule is CC1(C)C(CC(=O)/C(=N\OCCOc2ccc3nc(CC4CCCCC4)ccc3c2)c2nsc(N)n2)C(=O)N1OS(=O)(=O)O. The zero-order valence-electron chi connectivity index (χ0n) is 24.3. The van der Waals surface area contributed by atoms with E-state index in [9.17, 15) is 18.0 Å². The molecule has 1 saturated carbocycles. The number of hydrogen-bond donors (Lipinski definition) is 2. The van der Waals surface area contributed by atoms with E-state index in [1.165, 1.54) is 46.0 Å². The molecule has 16 heteroatoms. The lowest BCUT2D eigenvalue weighted by Gasteiger charge is -2.50. The fourth-order valence-electron chi connectivity index (χ4n) is 5.54. The van der Waals surface area contributed by atoms with Crippen LogP contribution in [0.5, 0.6) is 5.75 Å². The number of β-lactam (4-membered cyclic amide) rings is 1. The van der Waals surface area contributed by atoms with Gasteiger partial charge in [0.05, 0.1) is 17.0 Å². The molecule has 3 heterocycles. The molecule has 3 N–H and O–H groups in total. The Morgan fingerprint density at radius 1 is 1.16 bits per heavy atom. The van der Waals surface area contributed by atoms with E-state index in [0.717, 1.165) is 34.6 Å². The van der Waals surface area contributed by atoms with Gasteiger partial charge in [-0.3, -0.25) is 19.1 Å². The Morgan fingerprint density at radius 2 is 1.93 bits per heavy atom. The van der Waals surface area contributed by atoms with Gasteiger partial charge in [-0.15, -0.1) is 4.28 Å². The number of benzene rings is 1. The van der Waals surface area contributed by atoms with Gasteiger partial charge >= 0.3 is 10.4 Å². The summed E-state index contributed by atoms with van der Waals surface area (Å²) < 4.78 is 45.3. The number of nitrogens with zero attached hydrogens (tertiary/aromatic N) is 5. The average molecular weight is 647 g/mol. The van der Waals surface area contributed by atoms with Gasteiger partial charge < -0.3 is 15.3 Å². The van der Waals surface area contributed by atoms with E-state index in [-0.39, 0.29) is 36.3 Å². The van der Waals surface area contributed by atoms with Crippen LogP contribution in [0.3, 0.4) is 0 Å². The van der Waals surface area contributed by atoms with Crippen molar-refractivity contribution in [3.05, 3.63) is 41.9 Å². The smallest absolute Gasteiger partial charge is 0.418 e. The Hall–Kier alpha value is -3.73. The van der Waals surface area contributed by atoms with E-state index in [2.05, 4.69) is 30.9 Å². The molecule has 5 rings (SSSR count). The number of carbonyl (C=O) groups excluding carboxylic acids is 2. The molecule has 3 aromatic rings. The summed E-state index contributed by atoms with van der Waals surface area (Å²) in [5.74, 6) is -1.13. The number of Topliss-reactive ketones (excluding diaryl/α,β-unsaturated/α-hetero) is 1. The summed E-state index contributed by atoms with van der Waals surface area (Å²) in [6.07, 6.45) is 7.12. The highest BCUT2D eigenvalue weighted by Gasteiger charge is 2.57. The van der Waals surface area contributed by atoms with Crippen LogP contribution in [0.1, 0.15) is 63.9 Å². The summed E-state index contributed by atoms with van der Waals surface area (Å²) in [4.78, 5) is 39.9. The molecule has 2 aliphatic rings. The summed E-state index contributed by atoms with van der Waals surface area (Å²) >= 11 is 0.856. The first-order valence-corrected chi connectivity index (χ1v) is 16.4. The Morgan fingerprint density at radius 3 is 2.61 bits per heavy atom. The third-order valence-corrected chi connectivity index (χ3v) is 8.77. The molecule has 0 bridgehead atoms. The van der Waals surface area contributed by atoms with Gasteiger partial charge in [-0.2, -0.15) is 22.8 Å². The average Bonchev–Trinajstić information content (AvgIpc) is 3.41. The van der Waals surface area contributed by atoms with Crippen LogP contribution in [-0.4, -0.2) is 68.5 Å². The van der Waals surface area contributed by atoms with Crippen LogP contribution in [0.15, 0.2) is 35.5 Å². The van der Waals surface area contributed by atoms with E-state index in [4.69, 9.17) is 24.8 Å². The lowest BCUT2D eigenvalue weighted by atomic mass is 9.75. The second kappa shape index (κ2) is 13.1. The van der Waals surface area contributed by atoms with Crippen LogP contribution in [0.25, 0.3) is 10.9 Å². The van der Waals surface area contributed by atoms with Crippen LogP contribution in [0.4, 0.5) is 5.13 Å². The minimum absolute atomic E-state index is 0.0170. The highest BCUT2D eigenvalue weighted by molar-refractivity contribution is 7.80. The highest BCUT2D eigenvalue weighted by Crippen LogP contribution is 2.40. The van der Waals surface area contributed by atoms with Crippen molar-refractivity contribution >= 4 is 55.4 Å². The quantitative estimate of drug-likeness (QED) is 0.0902. The van der Waals surface area contributed by atoms with Crippen LogP contribution in [0, 0.1) is 11.8 Å². The van der Waals surface area contributed by atoms with E-state index in [0.29, 0.717) is 16.7 Å². The number of pyridine rings is 1. The standard InChI is InChI=1S/C28H34N6O8S2/c1-28(2)21(26(36)34(28)42-44(37,38)39)16-23(35)24(25-31-27(29)43-33-25)32-41-13-12-40-20-10-11-22-18(15-20)8-9-19(30-22)14-17-6-4-3-5-7-17/h8-11,15,17,21H,3-7,12-14,16H2,1-2H3,(H2,29,31,33)(H,37,38,39)/b32-24+. The second-order valence-corrected chi connectivity index (χ2v) is 13.2. The summed E-state index contributed by atoms with van der Waals surface area (Å²) in [5.41, 5.74) is 6.23. The predicted octanol–water partition coefficient (Wildman–Crippen LogP) is 3.52. The predicted molar refractivity (Wildman–Crippen MR) is 161 cm³/mol. The number of hydroxylamine groups is 2. The molecule has 2 aromatic heterocycles. The van der Waals surface area contributed by atoms with Crippen LogP contribution in [-0.2, 0) is 35.5 Å². The first kappa shape index (κ1) is 31.7. The van der Waals surface area contributed by atoms with Crippen LogP contribution in [0.2, 0.25) is 0 Å². The number of nitrogen functional groups attached to an aromatic ring is 1. The van der Waals surface area contributed by atoms with Gasteiger partial charge in [-0.25, -0.2) is 0 Å². The maximum atomic E-state index is 13.2. The number of fused-ring (bicyclic) bond motifs is 1. The van der Waals surface area contributed by atoms with Gasteiger partial charge in [0.15, 0.2) is 23.2 Å². The number of aromatic nitrogens is 3. The number of anilines is 1. The van der Waals surface area contributed by atoms with Crippen LogP contribution >= 0.6 is 11.5 Å². The molecule has 14 nitrogen and oxygen atoms in total. The maximum absolute atomic E-state index is 13.2. The van der Waals surface area contributed by atoms with E-state index >= 15 is 0 Å². The van der Waals surface area contributed by atoms with Crippen molar-refractivity contribution in [3.63, 3.8) is 0 Å². The molecule has 2 fully saturated rings. The minimum atomic E-state index is -4.92. The summed E-state index contributed by atoms with van der Waals surface area (Å²) in [5, 5.41) is 5.48. The second-order valence-electron chi connectivity index (χ2n) is 11.4. The van der Waals surface area contributed by atoms with Crippen molar-refractivity contribution in [2.75, 3.05) is 18.9 Å².